The molecule has 118 valence electrons. The van der Waals surface area contributed by atoms with Gasteiger partial charge in [-0.3, -0.25) is 0 Å². The summed E-state index contributed by atoms with van der Waals surface area (Å²) in [6, 6.07) is 15.0. The molecule has 0 amide bonds. The van der Waals surface area contributed by atoms with Crippen LogP contribution in [0.25, 0.3) is 28.4 Å². The van der Waals surface area contributed by atoms with Crippen molar-refractivity contribution in [3.8, 4) is 28.4 Å². The Morgan fingerprint density at radius 1 is 1.00 bits per heavy atom. The summed E-state index contributed by atoms with van der Waals surface area (Å²) in [6.45, 7) is 0. The zero-order valence-corrected chi connectivity index (χ0v) is 13.5. The van der Waals surface area contributed by atoms with Crippen molar-refractivity contribution < 1.29 is 4.74 Å². The molecule has 0 aliphatic rings. The lowest BCUT2D eigenvalue weighted by atomic mass is 10.1. The molecule has 0 unspecified atom stereocenters. The highest BCUT2D eigenvalue weighted by molar-refractivity contribution is 6.33. The van der Waals surface area contributed by atoms with Crippen LogP contribution in [0, 0.1) is 0 Å². The molecule has 0 spiro atoms. The molecule has 0 bridgehead atoms. The predicted molar refractivity (Wildman–Crippen MR) is 91.0 cm³/mol. The molecular weight excluding hydrogens is 326 g/mol. The SMILES string of the molecule is COc1ccc(-c2cnn3c(-c4ccccc4Cl)nnc3n2)cc1. The van der Waals surface area contributed by atoms with Crippen LogP contribution in [-0.2, 0) is 0 Å². The molecule has 0 fully saturated rings. The van der Waals surface area contributed by atoms with Gasteiger partial charge in [-0.2, -0.15) is 9.61 Å². The highest BCUT2D eigenvalue weighted by Gasteiger charge is 2.13. The molecule has 0 saturated heterocycles. The molecular formula is C17H12ClN5O. The molecule has 0 N–H and O–H groups in total. The molecule has 6 nitrogen and oxygen atoms in total. The third-order valence-electron chi connectivity index (χ3n) is 3.64. The fraction of sp³-hybridized carbons (Fsp3) is 0.0588. The van der Waals surface area contributed by atoms with E-state index in [0.717, 1.165) is 16.9 Å². The highest BCUT2D eigenvalue weighted by Crippen LogP contribution is 2.26. The zero-order chi connectivity index (χ0) is 16.5. The van der Waals surface area contributed by atoms with Gasteiger partial charge < -0.3 is 4.74 Å². The standard InChI is InChI=1S/C17H12ClN5O/c1-24-12-8-6-11(7-9-12)15-10-19-23-16(21-22-17(23)20-15)13-4-2-3-5-14(13)18/h2-10H,1H3. The summed E-state index contributed by atoms with van der Waals surface area (Å²) in [4.78, 5) is 4.52. The van der Waals surface area contributed by atoms with Gasteiger partial charge in [0.15, 0.2) is 5.82 Å². The van der Waals surface area contributed by atoms with Gasteiger partial charge in [0.1, 0.15) is 5.75 Å². The van der Waals surface area contributed by atoms with Crippen LogP contribution in [0.4, 0.5) is 0 Å². The Bertz CT molecular complexity index is 1010. The molecule has 0 saturated carbocycles. The molecule has 2 aromatic carbocycles. The van der Waals surface area contributed by atoms with Crippen LogP contribution in [0.5, 0.6) is 5.75 Å². The average molecular weight is 338 g/mol. The van der Waals surface area contributed by atoms with Gasteiger partial charge in [-0.25, -0.2) is 4.98 Å². The molecule has 0 radical (unpaired) electrons. The minimum Gasteiger partial charge on any atom is -0.497 e. The summed E-state index contributed by atoms with van der Waals surface area (Å²) >= 11 is 6.23. The first-order valence-corrected chi connectivity index (χ1v) is 7.62. The lowest BCUT2D eigenvalue weighted by molar-refractivity contribution is 0.415. The van der Waals surface area contributed by atoms with Gasteiger partial charge in [0.2, 0.25) is 0 Å². The Balaban J connectivity index is 1.79. The monoisotopic (exact) mass is 337 g/mol. The van der Waals surface area contributed by atoms with Crippen molar-refractivity contribution in [1.82, 2.24) is 24.8 Å². The van der Waals surface area contributed by atoms with E-state index >= 15 is 0 Å². The number of nitrogens with zero attached hydrogens (tertiary/aromatic N) is 5. The quantitative estimate of drug-likeness (QED) is 0.572. The third-order valence-corrected chi connectivity index (χ3v) is 3.97. The van der Waals surface area contributed by atoms with Gasteiger partial charge in [0.05, 0.1) is 24.0 Å². The molecule has 7 heteroatoms. The minimum absolute atomic E-state index is 0.415. The Hall–Kier alpha value is -2.99. The maximum Gasteiger partial charge on any atom is 0.272 e. The van der Waals surface area contributed by atoms with Gasteiger partial charge in [-0.05, 0) is 36.4 Å². The number of fused-ring (bicyclic) bond motifs is 1. The first-order chi connectivity index (χ1) is 11.8. The van der Waals surface area contributed by atoms with Crippen LogP contribution < -0.4 is 4.74 Å². The number of hydrogen-bond donors (Lipinski definition) is 0. The van der Waals surface area contributed by atoms with Crippen LogP contribution in [0.15, 0.2) is 54.7 Å². The number of ether oxygens (including phenoxy) is 1. The number of benzene rings is 2. The summed E-state index contributed by atoms with van der Waals surface area (Å²) in [5.41, 5.74) is 2.40. The van der Waals surface area contributed by atoms with Crippen LogP contribution in [0.1, 0.15) is 0 Å². The van der Waals surface area contributed by atoms with Gasteiger partial charge >= 0.3 is 0 Å². The molecule has 2 heterocycles. The Morgan fingerprint density at radius 3 is 2.54 bits per heavy atom. The Morgan fingerprint density at radius 2 is 1.79 bits per heavy atom. The van der Waals surface area contributed by atoms with Crippen molar-refractivity contribution in [1.29, 1.82) is 0 Å². The van der Waals surface area contributed by atoms with Gasteiger partial charge in [0.25, 0.3) is 5.78 Å². The topological polar surface area (TPSA) is 65.2 Å². The van der Waals surface area contributed by atoms with E-state index in [1.807, 2.05) is 42.5 Å². The summed E-state index contributed by atoms with van der Waals surface area (Å²) < 4.78 is 6.74. The van der Waals surface area contributed by atoms with E-state index in [4.69, 9.17) is 16.3 Å². The molecule has 4 aromatic rings. The van der Waals surface area contributed by atoms with E-state index in [-0.39, 0.29) is 0 Å². The average Bonchev–Trinajstić information content (AvgIpc) is 3.05. The molecule has 2 aromatic heterocycles. The van der Waals surface area contributed by atoms with E-state index in [1.165, 1.54) is 0 Å². The van der Waals surface area contributed by atoms with E-state index in [2.05, 4.69) is 20.3 Å². The maximum atomic E-state index is 6.23. The highest BCUT2D eigenvalue weighted by atomic mass is 35.5. The summed E-state index contributed by atoms with van der Waals surface area (Å²) in [7, 11) is 1.63. The fourth-order valence-corrected chi connectivity index (χ4v) is 2.63. The maximum absolute atomic E-state index is 6.23. The number of hydrogen-bond acceptors (Lipinski definition) is 5. The van der Waals surface area contributed by atoms with Gasteiger partial charge in [0, 0.05) is 11.1 Å². The Labute approximate surface area is 142 Å². The second-order valence-corrected chi connectivity index (χ2v) is 5.49. The number of rotatable bonds is 3. The first-order valence-electron chi connectivity index (χ1n) is 7.24. The van der Waals surface area contributed by atoms with E-state index in [9.17, 15) is 0 Å². The van der Waals surface area contributed by atoms with Crippen LogP contribution in [-0.4, -0.2) is 31.9 Å². The van der Waals surface area contributed by atoms with Crippen molar-refractivity contribution in [2.45, 2.75) is 0 Å². The van der Waals surface area contributed by atoms with Crippen LogP contribution in [0.2, 0.25) is 5.02 Å². The van der Waals surface area contributed by atoms with Gasteiger partial charge in [-0.1, -0.05) is 23.7 Å². The van der Waals surface area contributed by atoms with Crippen molar-refractivity contribution in [2.75, 3.05) is 7.11 Å². The van der Waals surface area contributed by atoms with Crippen LogP contribution in [0.3, 0.4) is 0 Å². The third kappa shape index (κ3) is 2.47. The summed E-state index contributed by atoms with van der Waals surface area (Å²) in [5, 5.41) is 13.3. The lowest BCUT2D eigenvalue weighted by Gasteiger charge is -2.04. The Kier molecular flexibility index (Phi) is 3.59. The smallest absolute Gasteiger partial charge is 0.272 e. The summed E-state index contributed by atoms with van der Waals surface area (Å²) in [6.07, 6.45) is 1.68. The van der Waals surface area contributed by atoms with Crippen molar-refractivity contribution in [3.05, 3.63) is 59.8 Å². The number of methoxy groups -OCH3 is 1. The van der Waals surface area contributed by atoms with Crippen molar-refractivity contribution in [3.63, 3.8) is 0 Å². The molecule has 0 atom stereocenters. The van der Waals surface area contributed by atoms with E-state index < -0.39 is 0 Å². The van der Waals surface area contributed by atoms with Crippen LogP contribution >= 0.6 is 11.6 Å². The largest absolute Gasteiger partial charge is 0.497 e. The summed E-state index contributed by atoms with van der Waals surface area (Å²) in [5.74, 6) is 1.76. The molecule has 0 aliphatic heterocycles. The molecule has 4 rings (SSSR count). The van der Waals surface area contributed by atoms with E-state index in [0.29, 0.717) is 22.3 Å². The lowest BCUT2D eigenvalue weighted by Crippen LogP contribution is -1.98. The number of halogens is 1. The minimum atomic E-state index is 0.415. The zero-order valence-electron chi connectivity index (χ0n) is 12.7. The first kappa shape index (κ1) is 14.6. The fourth-order valence-electron chi connectivity index (χ4n) is 2.41. The van der Waals surface area contributed by atoms with Crippen molar-refractivity contribution >= 4 is 17.4 Å². The van der Waals surface area contributed by atoms with Gasteiger partial charge in [-0.15, -0.1) is 10.2 Å². The normalized spacial score (nSPS) is 10.9. The molecule has 0 aliphatic carbocycles. The second kappa shape index (κ2) is 5.90. The predicted octanol–water partition coefficient (Wildman–Crippen LogP) is 3.52. The number of aromatic nitrogens is 5. The van der Waals surface area contributed by atoms with Crippen molar-refractivity contribution in [2.24, 2.45) is 0 Å². The van der Waals surface area contributed by atoms with E-state index in [1.54, 1.807) is 23.9 Å². The molecule has 24 heavy (non-hydrogen) atoms. The second-order valence-electron chi connectivity index (χ2n) is 5.09.